The van der Waals surface area contributed by atoms with E-state index in [0.717, 1.165) is 44.8 Å². The first-order valence-electron chi connectivity index (χ1n) is 8.33. The number of carbonyl (C=O) groups is 1. The van der Waals surface area contributed by atoms with E-state index in [2.05, 4.69) is 25.2 Å². The van der Waals surface area contributed by atoms with E-state index in [1.165, 1.54) is 16.7 Å². The normalized spacial score (nSPS) is 15.5. The number of nitrogens with zero attached hydrogens (tertiary/aromatic N) is 1. The van der Waals surface area contributed by atoms with Crippen molar-refractivity contribution in [3.63, 3.8) is 0 Å². The van der Waals surface area contributed by atoms with Crippen molar-refractivity contribution in [3.05, 3.63) is 28.8 Å². The van der Waals surface area contributed by atoms with Gasteiger partial charge in [0.05, 0.1) is 6.61 Å². The fraction of sp³-hybridized carbons (Fsp3) is 0.611. The molecule has 1 aliphatic rings. The van der Waals surface area contributed by atoms with Crippen LogP contribution >= 0.6 is 0 Å². The van der Waals surface area contributed by atoms with Crippen LogP contribution in [0, 0.1) is 13.8 Å². The summed E-state index contributed by atoms with van der Waals surface area (Å²) in [4.78, 5) is 14.4. The van der Waals surface area contributed by atoms with Crippen LogP contribution in [0.2, 0.25) is 0 Å². The van der Waals surface area contributed by atoms with E-state index < -0.39 is 0 Å². The summed E-state index contributed by atoms with van der Waals surface area (Å²) in [5.41, 5.74) is 3.68. The topological polar surface area (TPSA) is 41.6 Å². The van der Waals surface area contributed by atoms with Gasteiger partial charge in [0.1, 0.15) is 5.75 Å². The monoisotopic (exact) mass is 304 g/mol. The largest absolute Gasteiger partial charge is 0.494 e. The molecule has 2 rings (SSSR count). The van der Waals surface area contributed by atoms with Gasteiger partial charge in [-0.2, -0.15) is 0 Å². The Kier molecular flexibility index (Phi) is 6.25. The van der Waals surface area contributed by atoms with E-state index in [1.54, 1.807) is 0 Å². The minimum Gasteiger partial charge on any atom is -0.494 e. The molecule has 1 fully saturated rings. The van der Waals surface area contributed by atoms with Crippen molar-refractivity contribution in [1.82, 2.24) is 10.2 Å². The van der Waals surface area contributed by atoms with Crippen LogP contribution in [0.15, 0.2) is 12.1 Å². The van der Waals surface area contributed by atoms with Crippen LogP contribution < -0.4 is 10.1 Å². The van der Waals surface area contributed by atoms with E-state index in [-0.39, 0.29) is 5.91 Å². The van der Waals surface area contributed by atoms with E-state index in [0.29, 0.717) is 13.0 Å². The molecule has 4 heteroatoms. The smallest absolute Gasteiger partial charge is 0.222 e. The summed E-state index contributed by atoms with van der Waals surface area (Å²) in [6, 6.07) is 4.13. The SMILES string of the molecule is CCOc1ccc(CCC(=O)N2CCCNCC2)c(C)c1C. The second-order valence-electron chi connectivity index (χ2n) is 5.89. The van der Waals surface area contributed by atoms with Crippen LogP contribution in [0.5, 0.6) is 5.75 Å². The van der Waals surface area contributed by atoms with Crippen molar-refractivity contribution in [2.75, 3.05) is 32.8 Å². The maximum atomic E-state index is 12.4. The van der Waals surface area contributed by atoms with Gasteiger partial charge in [-0.25, -0.2) is 0 Å². The lowest BCUT2D eigenvalue weighted by Gasteiger charge is -2.20. The lowest BCUT2D eigenvalue weighted by atomic mass is 9.98. The molecular weight excluding hydrogens is 276 g/mol. The number of hydrogen-bond acceptors (Lipinski definition) is 3. The highest BCUT2D eigenvalue weighted by Gasteiger charge is 2.16. The lowest BCUT2D eigenvalue weighted by Crippen LogP contribution is -2.34. The molecule has 0 saturated carbocycles. The minimum absolute atomic E-state index is 0.273. The Bertz CT molecular complexity index is 506. The van der Waals surface area contributed by atoms with E-state index in [1.807, 2.05) is 17.9 Å². The molecule has 1 amide bonds. The third kappa shape index (κ3) is 4.23. The Morgan fingerprint density at radius 2 is 2.05 bits per heavy atom. The summed E-state index contributed by atoms with van der Waals surface area (Å²) in [6.45, 7) is 10.5. The second kappa shape index (κ2) is 8.18. The highest BCUT2D eigenvalue weighted by molar-refractivity contribution is 5.76. The van der Waals surface area contributed by atoms with Crippen LogP contribution in [-0.4, -0.2) is 43.6 Å². The van der Waals surface area contributed by atoms with Gasteiger partial charge in [-0.3, -0.25) is 4.79 Å². The molecule has 1 aliphatic heterocycles. The molecular formula is C18H28N2O2. The average Bonchev–Trinajstić information content (AvgIpc) is 2.80. The third-order valence-electron chi connectivity index (χ3n) is 4.45. The molecule has 122 valence electrons. The third-order valence-corrected chi connectivity index (χ3v) is 4.45. The van der Waals surface area contributed by atoms with Gasteiger partial charge in [-0.05, 0) is 62.9 Å². The van der Waals surface area contributed by atoms with Gasteiger partial charge in [0.15, 0.2) is 0 Å². The maximum absolute atomic E-state index is 12.4. The Morgan fingerprint density at radius 1 is 1.23 bits per heavy atom. The Balaban J connectivity index is 1.96. The van der Waals surface area contributed by atoms with Gasteiger partial charge in [0.25, 0.3) is 0 Å². The predicted octanol–water partition coefficient (Wildman–Crippen LogP) is 2.46. The first-order chi connectivity index (χ1) is 10.6. The molecule has 0 radical (unpaired) electrons. The molecule has 0 bridgehead atoms. The van der Waals surface area contributed by atoms with Crippen LogP contribution in [0.25, 0.3) is 0 Å². The van der Waals surface area contributed by atoms with E-state index in [4.69, 9.17) is 4.74 Å². The molecule has 4 nitrogen and oxygen atoms in total. The van der Waals surface area contributed by atoms with Gasteiger partial charge in [-0.15, -0.1) is 0 Å². The molecule has 0 aliphatic carbocycles. The zero-order valence-corrected chi connectivity index (χ0v) is 14.1. The van der Waals surface area contributed by atoms with Gasteiger partial charge < -0.3 is 15.0 Å². The van der Waals surface area contributed by atoms with Crippen molar-refractivity contribution < 1.29 is 9.53 Å². The fourth-order valence-electron chi connectivity index (χ4n) is 2.93. The van der Waals surface area contributed by atoms with E-state index in [9.17, 15) is 4.79 Å². The molecule has 1 N–H and O–H groups in total. The first kappa shape index (κ1) is 16.8. The molecule has 1 aromatic carbocycles. The van der Waals surface area contributed by atoms with Crippen molar-refractivity contribution in [1.29, 1.82) is 0 Å². The Morgan fingerprint density at radius 3 is 2.82 bits per heavy atom. The van der Waals surface area contributed by atoms with Crippen LogP contribution in [0.3, 0.4) is 0 Å². The van der Waals surface area contributed by atoms with E-state index >= 15 is 0 Å². The Labute approximate surface area is 133 Å². The number of nitrogens with one attached hydrogen (secondary N) is 1. The summed E-state index contributed by atoms with van der Waals surface area (Å²) in [5.74, 6) is 1.23. The second-order valence-corrected chi connectivity index (χ2v) is 5.89. The van der Waals surface area contributed by atoms with Gasteiger partial charge in [-0.1, -0.05) is 6.07 Å². The highest BCUT2D eigenvalue weighted by atomic mass is 16.5. The number of hydrogen-bond donors (Lipinski definition) is 1. The number of carbonyl (C=O) groups excluding carboxylic acids is 1. The van der Waals surface area contributed by atoms with Gasteiger partial charge in [0.2, 0.25) is 5.91 Å². The number of ether oxygens (including phenoxy) is 1. The molecule has 0 aromatic heterocycles. The van der Waals surface area contributed by atoms with Crippen LogP contribution in [0.1, 0.15) is 36.5 Å². The van der Waals surface area contributed by atoms with Crippen LogP contribution in [0.4, 0.5) is 0 Å². The van der Waals surface area contributed by atoms with Crippen molar-refractivity contribution >= 4 is 5.91 Å². The minimum atomic E-state index is 0.273. The predicted molar refractivity (Wildman–Crippen MR) is 89.5 cm³/mol. The van der Waals surface area contributed by atoms with Crippen LogP contribution in [-0.2, 0) is 11.2 Å². The van der Waals surface area contributed by atoms with Crippen molar-refractivity contribution in [3.8, 4) is 5.75 Å². The quantitative estimate of drug-likeness (QED) is 0.908. The molecule has 22 heavy (non-hydrogen) atoms. The first-order valence-corrected chi connectivity index (χ1v) is 8.33. The van der Waals surface area contributed by atoms with Gasteiger partial charge >= 0.3 is 0 Å². The molecule has 1 heterocycles. The fourth-order valence-corrected chi connectivity index (χ4v) is 2.93. The molecule has 0 atom stereocenters. The standard InChI is InChI=1S/C18H28N2O2/c1-4-22-17-8-6-16(14(2)15(17)3)7-9-18(21)20-12-5-10-19-11-13-20/h6,8,19H,4-5,7,9-13H2,1-3H3. The molecule has 0 spiro atoms. The summed E-state index contributed by atoms with van der Waals surface area (Å²) in [6.07, 6.45) is 2.45. The summed E-state index contributed by atoms with van der Waals surface area (Å²) in [5, 5.41) is 3.33. The highest BCUT2D eigenvalue weighted by Crippen LogP contribution is 2.25. The van der Waals surface area contributed by atoms with Crippen molar-refractivity contribution in [2.45, 2.75) is 40.0 Å². The summed E-state index contributed by atoms with van der Waals surface area (Å²) >= 11 is 0. The Hall–Kier alpha value is -1.55. The van der Waals surface area contributed by atoms with Gasteiger partial charge in [0, 0.05) is 26.1 Å². The average molecular weight is 304 g/mol. The number of aryl methyl sites for hydroxylation is 1. The maximum Gasteiger partial charge on any atom is 0.222 e. The lowest BCUT2D eigenvalue weighted by molar-refractivity contribution is -0.130. The molecule has 1 aromatic rings. The zero-order chi connectivity index (χ0) is 15.9. The molecule has 0 unspecified atom stereocenters. The van der Waals surface area contributed by atoms with Crippen molar-refractivity contribution in [2.24, 2.45) is 0 Å². The summed E-state index contributed by atoms with van der Waals surface area (Å²) in [7, 11) is 0. The number of rotatable bonds is 5. The number of benzene rings is 1. The molecule has 1 saturated heterocycles. The zero-order valence-electron chi connectivity index (χ0n) is 14.1. The number of amides is 1. The summed E-state index contributed by atoms with van der Waals surface area (Å²) < 4.78 is 5.63.